The Balaban J connectivity index is 1.34. The maximum atomic E-state index is 12.6. The van der Waals surface area contributed by atoms with Crippen LogP contribution in [-0.4, -0.2) is 54.4 Å². The highest BCUT2D eigenvalue weighted by Gasteiger charge is 2.18. The van der Waals surface area contributed by atoms with E-state index in [0.717, 1.165) is 49.7 Å². The summed E-state index contributed by atoms with van der Waals surface area (Å²) in [5.41, 5.74) is 3.02. The zero-order valence-electron chi connectivity index (χ0n) is 19.8. The Labute approximate surface area is 200 Å². The minimum atomic E-state index is -0.140. The van der Waals surface area contributed by atoms with Crippen LogP contribution in [0.2, 0.25) is 0 Å². The number of hydrogen-bond acceptors (Lipinski definition) is 6. The van der Waals surface area contributed by atoms with Gasteiger partial charge in [0.15, 0.2) is 6.79 Å². The number of benzene rings is 2. The van der Waals surface area contributed by atoms with Crippen molar-refractivity contribution in [2.75, 3.05) is 49.9 Å². The summed E-state index contributed by atoms with van der Waals surface area (Å²) in [7, 11) is 1.61. The first-order valence-corrected chi connectivity index (χ1v) is 11.6. The maximum Gasteiger partial charge on any atom is 0.350 e. The predicted octanol–water partition coefficient (Wildman–Crippen LogP) is 3.15. The average Bonchev–Trinajstić information content (AvgIpc) is 3.26. The normalized spacial score (nSPS) is 13.5. The molecule has 2 heterocycles. The first-order valence-electron chi connectivity index (χ1n) is 11.6. The van der Waals surface area contributed by atoms with Crippen LogP contribution in [0.5, 0.6) is 5.75 Å². The summed E-state index contributed by atoms with van der Waals surface area (Å²) in [5, 5.41) is 4.23. The van der Waals surface area contributed by atoms with Crippen molar-refractivity contribution in [2.24, 2.45) is 0 Å². The van der Waals surface area contributed by atoms with Crippen LogP contribution in [0.25, 0.3) is 5.69 Å². The monoisotopic (exact) mass is 461 g/mol. The molecule has 0 N–H and O–H groups in total. The molecule has 178 valence electrons. The van der Waals surface area contributed by atoms with Crippen molar-refractivity contribution in [3.63, 3.8) is 0 Å². The number of piperazine rings is 1. The van der Waals surface area contributed by atoms with E-state index in [1.54, 1.807) is 18.0 Å². The van der Waals surface area contributed by atoms with Gasteiger partial charge in [0.2, 0.25) is 0 Å². The molecular weight excluding hydrogens is 430 g/mol. The first kappa shape index (κ1) is 23.5. The number of anilines is 2. The van der Waals surface area contributed by atoms with Crippen molar-refractivity contribution in [1.29, 1.82) is 0 Å². The second-order valence-corrected chi connectivity index (χ2v) is 8.00. The van der Waals surface area contributed by atoms with Crippen LogP contribution in [0.4, 0.5) is 11.4 Å². The summed E-state index contributed by atoms with van der Waals surface area (Å²) >= 11 is 0. The van der Waals surface area contributed by atoms with Crippen LogP contribution in [0.15, 0.2) is 59.7 Å². The third-order valence-corrected chi connectivity index (χ3v) is 5.80. The number of ether oxygens (including phenoxy) is 2. The Morgan fingerprint density at radius 2 is 1.47 bits per heavy atom. The minimum Gasteiger partial charge on any atom is -0.468 e. The SMILES string of the molecule is CCC#CCCn1ncn(-c2ccc(N3CCN(c4ccc(OCOC)cc4)CC3)cc2)c1=O. The molecule has 0 aliphatic carbocycles. The molecule has 1 aliphatic rings. The van der Waals surface area contributed by atoms with Gasteiger partial charge in [0, 0.05) is 57.5 Å². The molecule has 2 aromatic carbocycles. The molecule has 1 fully saturated rings. The van der Waals surface area contributed by atoms with Crippen molar-refractivity contribution in [3.8, 4) is 23.3 Å². The highest BCUT2D eigenvalue weighted by Crippen LogP contribution is 2.23. The number of hydrogen-bond donors (Lipinski definition) is 0. The lowest BCUT2D eigenvalue weighted by Gasteiger charge is -2.37. The van der Waals surface area contributed by atoms with E-state index in [4.69, 9.17) is 9.47 Å². The predicted molar refractivity (Wildman–Crippen MR) is 134 cm³/mol. The van der Waals surface area contributed by atoms with Gasteiger partial charge in [-0.3, -0.25) is 0 Å². The van der Waals surface area contributed by atoms with Gasteiger partial charge in [-0.25, -0.2) is 14.0 Å². The topological polar surface area (TPSA) is 64.8 Å². The van der Waals surface area contributed by atoms with Crippen LogP contribution in [0.3, 0.4) is 0 Å². The van der Waals surface area contributed by atoms with E-state index >= 15 is 0 Å². The van der Waals surface area contributed by atoms with Gasteiger partial charge in [-0.2, -0.15) is 5.10 Å². The molecule has 1 saturated heterocycles. The second kappa shape index (κ2) is 11.4. The summed E-state index contributed by atoms with van der Waals surface area (Å²) in [6, 6.07) is 16.2. The third kappa shape index (κ3) is 5.61. The largest absolute Gasteiger partial charge is 0.468 e. The molecule has 0 radical (unpaired) electrons. The minimum absolute atomic E-state index is 0.140. The van der Waals surface area contributed by atoms with Crippen molar-refractivity contribution in [3.05, 3.63) is 65.3 Å². The van der Waals surface area contributed by atoms with Gasteiger partial charge >= 0.3 is 5.69 Å². The number of methoxy groups -OCH3 is 1. The van der Waals surface area contributed by atoms with Gasteiger partial charge < -0.3 is 19.3 Å². The van der Waals surface area contributed by atoms with Crippen LogP contribution >= 0.6 is 0 Å². The zero-order chi connectivity index (χ0) is 23.8. The van der Waals surface area contributed by atoms with Crippen molar-refractivity contribution < 1.29 is 9.47 Å². The van der Waals surface area contributed by atoms with Gasteiger partial charge in [0.25, 0.3) is 0 Å². The van der Waals surface area contributed by atoms with Gasteiger partial charge in [0.1, 0.15) is 12.1 Å². The van der Waals surface area contributed by atoms with E-state index in [9.17, 15) is 4.79 Å². The van der Waals surface area contributed by atoms with Crippen LogP contribution < -0.4 is 20.2 Å². The summed E-state index contributed by atoms with van der Waals surface area (Å²) in [6.07, 6.45) is 3.03. The second-order valence-electron chi connectivity index (χ2n) is 8.00. The van der Waals surface area contributed by atoms with E-state index < -0.39 is 0 Å². The molecule has 0 unspecified atom stereocenters. The zero-order valence-corrected chi connectivity index (χ0v) is 19.8. The molecule has 4 rings (SSSR count). The number of aromatic nitrogens is 3. The lowest BCUT2D eigenvalue weighted by atomic mass is 10.2. The lowest BCUT2D eigenvalue weighted by Crippen LogP contribution is -2.46. The van der Waals surface area contributed by atoms with Crippen LogP contribution in [0.1, 0.15) is 19.8 Å². The molecule has 0 spiro atoms. The fourth-order valence-corrected chi connectivity index (χ4v) is 3.97. The van der Waals surface area contributed by atoms with Gasteiger partial charge in [0.05, 0.1) is 12.2 Å². The Morgan fingerprint density at radius 1 is 0.882 bits per heavy atom. The molecule has 0 atom stereocenters. The Hall–Kier alpha value is -3.70. The van der Waals surface area contributed by atoms with E-state index in [0.29, 0.717) is 13.0 Å². The number of rotatable bonds is 8. The molecule has 8 heteroatoms. The molecule has 34 heavy (non-hydrogen) atoms. The molecule has 0 bridgehead atoms. The standard InChI is InChI=1S/C26H31N5O3/c1-3-4-5-6-15-31-26(32)30(20-27-31)24-9-7-22(8-10-24)28-16-18-29(19-17-28)23-11-13-25(14-12-23)34-21-33-2/h7-14,20H,3,6,15-19,21H2,1-2H3. The highest BCUT2D eigenvalue weighted by molar-refractivity contribution is 5.54. The first-order chi connectivity index (χ1) is 16.7. The summed E-state index contributed by atoms with van der Waals surface area (Å²) in [5.74, 6) is 6.87. The summed E-state index contributed by atoms with van der Waals surface area (Å²) in [6.45, 7) is 6.50. The fraction of sp³-hybridized carbons (Fsp3) is 0.385. The number of nitrogens with zero attached hydrogens (tertiary/aromatic N) is 5. The van der Waals surface area contributed by atoms with E-state index in [2.05, 4.69) is 51.0 Å². The third-order valence-electron chi connectivity index (χ3n) is 5.80. The highest BCUT2D eigenvalue weighted by atomic mass is 16.7. The van der Waals surface area contributed by atoms with E-state index in [1.165, 1.54) is 10.4 Å². The molecule has 0 amide bonds. The molecule has 1 aromatic heterocycles. The maximum absolute atomic E-state index is 12.6. The quantitative estimate of drug-likeness (QED) is 0.379. The van der Waals surface area contributed by atoms with E-state index in [1.807, 2.05) is 31.2 Å². The average molecular weight is 462 g/mol. The lowest BCUT2D eigenvalue weighted by molar-refractivity contribution is 0.0511. The summed E-state index contributed by atoms with van der Waals surface area (Å²) in [4.78, 5) is 17.4. The van der Waals surface area contributed by atoms with Gasteiger partial charge in [-0.15, -0.1) is 11.8 Å². The number of aryl methyl sites for hydroxylation is 1. The Morgan fingerprint density at radius 3 is 2.06 bits per heavy atom. The molecule has 3 aromatic rings. The van der Waals surface area contributed by atoms with E-state index in [-0.39, 0.29) is 12.5 Å². The van der Waals surface area contributed by atoms with Crippen LogP contribution in [0, 0.1) is 11.8 Å². The molecule has 8 nitrogen and oxygen atoms in total. The fourth-order valence-electron chi connectivity index (χ4n) is 3.97. The molecular formula is C26H31N5O3. The van der Waals surface area contributed by atoms with Crippen LogP contribution in [-0.2, 0) is 11.3 Å². The smallest absolute Gasteiger partial charge is 0.350 e. The molecule has 0 saturated carbocycles. The van der Waals surface area contributed by atoms with Crippen molar-refractivity contribution >= 4 is 11.4 Å². The van der Waals surface area contributed by atoms with Gasteiger partial charge in [-0.05, 0) is 48.5 Å². The summed E-state index contributed by atoms with van der Waals surface area (Å²) < 4.78 is 13.5. The Bertz CT molecular complexity index is 1160. The molecule has 1 aliphatic heterocycles. The Kier molecular flexibility index (Phi) is 7.89. The van der Waals surface area contributed by atoms with Gasteiger partial charge in [-0.1, -0.05) is 6.92 Å². The van der Waals surface area contributed by atoms with Crippen molar-refractivity contribution in [1.82, 2.24) is 14.3 Å². The van der Waals surface area contributed by atoms with Crippen molar-refractivity contribution in [2.45, 2.75) is 26.3 Å².